The summed E-state index contributed by atoms with van der Waals surface area (Å²) in [6.07, 6.45) is 7.84. The Morgan fingerprint density at radius 3 is 2.17 bits per heavy atom. The van der Waals surface area contributed by atoms with Crippen LogP contribution in [0.15, 0.2) is 9.98 Å². The van der Waals surface area contributed by atoms with E-state index in [0.717, 1.165) is 37.2 Å². The maximum Gasteiger partial charge on any atom is 0.253 e. The number of hydrogen-bond donors (Lipinski definition) is 0. The molecule has 0 aromatic carbocycles. The fraction of sp³-hybridized carbons (Fsp3) is 0.833. The van der Waals surface area contributed by atoms with Gasteiger partial charge in [0.15, 0.2) is 0 Å². The summed E-state index contributed by atoms with van der Waals surface area (Å²) in [4.78, 5) is 36.6. The number of aliphatic imine (C=N–C) groups is 2. The highest BCUT2D eigenvalue weighted by Gasteiger charge is 2.29. The fourth-order valence-electron chi connectivity index (χ4n) is 2.43. The van der Waals surface area contributed by atoms with Crippen molar-refractivity contribution >= 4 is 17.8 Å². The van der Waals surface area contributed by atoms with Crippen LogP contribution in [0.4, 0.5) is 0 Å². The molecule has 136 valence electrons. The lowest BCUT2D eigenvalue weighted by Crippen LogP contribution is -2.29. The Bertz CT molecular complexity index is 442. The van der Waals surface area contributed by atoms with Crippen LogP contribution in [-0.4, -0.2) is 41.6 Å². The Balaban J connectivity index is 2.06. The van der Waals surface area contributed by atoms with Crippen LogP contribution in [0.3, 0.4) is 0 Å². The van der Waals surface area contributed by atoms with E-state index in [1.54, 1.807) is 0 Å². The van der Waals surface area contributed by atoms with Gasteiger partial charge >= 0.3 is 0 Å². The largest absolute Gasteiger partial charge is 0.272 e. The van der Waals surface area contributed by atoms with Crippen LogP contribution in [0.1, 0.15) is 78.6 Å². The number of rotatable bonds is 12. The lowest BCUT2D eigenvalue weighted by atomic mass is 10.1. The Morgan fingerprint density at radius 1 is 1.00 bits per heavy atom. The van der Waals surface area contributed by atoms with Gasteiger partial charge in [-0.05, 0) is 33.1 Å². The molecule has 1 heterocycles. The van der Waals surface area contributed by atoms with Crippen molar-refractivity contribution in [1.82, 2.24) is 5.06 Å². The van der Waals surface area contributed by atoms with Crippen LogP contribution in [0.25, 0.3) is 0 Å². The molecule has 2 atom stereocenters. The molecule has 0 spiro atoms. The molecule has 0 aromatic heterocycles. The summed E-state index contributed by atoms with van der Waals surface area (Å²) in [5, 5.41) is 0.920. The van der Waals surface area contributed by atoms with E-state index in [2.05, 4.69) is 36.8 Å². The molecule has 1 aliphatic rings. The third-order valence-electron chi connectivity index (χ3n) is 4.02. The normalized spacial score (nSPS) is 16.9. The van der Waals surface area contributed by atoms with Crippen molar-refractivity contribution in [3.05, 3.63) is 0 Å². The number of carbonyl (C=O) groups excluding carboxylic acids is 2. The third-order valence-corrected chi connectivity index (χ3v) is 4.02. The average Bonchev–Trinajstić information content (AvgIpc) is 2.87. The molecule has 6 heteroatoms. The minimum absolute atomic E-state index is 0.217. The second kappa shape index (κ2) is 11.9. The Kier molecular flexibility index (Phi) is 10.2. The highest BCUT2D eigenvalue weighted by molar-refractivity contribution is 6.00. The van der Waals surface area contributed by atoms with E-state index in [-0.39, 0.29) is 30.7 Å². The number of carbonyl (C=O) groups is 2. The molecule has 1 aliphatic heterocycles. The first-order valence-corrected chi connectivity index (χ1v) is 9.18. The van der Waals surface area contributed by atoms with Crippen molar-refractivity contribution in [2.45, 2.75) is 90.6 Å². The molecule has 1 fully saturated rings. The second-order valence-electron chi connectivity index (χ2n) is 6.46. The number of unbranched alkanes of at least 4 members (excludes halogenated alkanes) is 3. The van der Waals surface area contributed by atoms with Crippen LogP contribution in [-0.2, 0) is 14.4 Å². The molecule has 6 nitrogen and oxygen atoms in total. The minimum Gasteiger partial charge on any atom is -0.272 e. The predicted molar refractivity (Wildman–Crippen MR) is 93.8 cm³/mol. The molecule has 24 heavy (non-hydrogen) atoms. The highest BCUT2D eigenvalue weighted by Crippen LogP contribution is 2.13. The van der Waals surface area contributed by atoms with Gasteiger partial charge in [0.1, 0.15) is 0 Å². The van der Waals surface area contributed by atoms with Crippen LogP contribution in [0.5, 0.6) is 0 Å². The maximum atomic E-state index is 11.4. The summed E-state index contributed by atoms with van der Waals surface area (Å²) in [6.45, 7) is 6.75. The van der Waals surface area contributed by atoms with Gasteiger partial charge in [-0.25, -0.2) is 9.98 Å². The third kappa shape index (κ3) is 8.37. The minimum atomic E-state index is -0.226. The molecule has 0 radical (unpaired) electrons. The number of nitrogens with zero attached hydrogens (tertiary/aromatic N) is 3. The molecule has 0 aliphatic carbocycles. The molecule has 0 bridgehead atoms. The van der Waals surface area contributed by atoms with E-state index >= 15 is 0 Å². The van der Waals surface area contributed by atoms with Gasteiger partial charge in [0, 0.05) is 12.8 Å². The van der Waals surface area contributed by atoms with Gasteiger partial charge in [-0.1, -0.05) is 32.6 Å². The van der Waals surface area contributed by atoms with Crippen LogP contribution in [0.2, 0.25) is 0 Å². The molecule has 0 aromatic rings. The Labute approximate surface area is 145 Å². The zero-order valence-electron chi connectivity index (χ0n) is 15.3. The molecular weight excluding hydrogens is 306 g/mol. The number of imide groups is 1. The molecule has 1 saturated heterocycles. The van der Waals surface area contributed by atoms with Gasteiger partial charge in [-0.3, -0.25) is 14.4 Å². The summed E-state index contributed by atoms with van der Waals surface area (Å²) in [6, 6.07) is 3.35. The van der Waals surface area contributed by atoms with Gasteiger partial charge in [-0.15, -0.1) is 0 Å². The van der Waals surface area contributed by atoms with E-state index in [4.69, 9.17) is 4.84 Å². The van der Waals surface area contributed by atoms with Gasteiger partial charge < -0.3 is 0 Å². The van der Waals surface area contributed by atoms with Crippen LogP contribution in [0, 0.1) is 0 Å². The first-order chi connectivity index (χ1) is 11.5. The highest BCUT2D eigenvalue weighted by atomic mass is 16.7. The number of amides is 2. The van der Waals surface area contributed by atoms with Crippen molar-refractivity contribution in [3.63, 3.8) is 0 Å². The fourth-order valence-corrected chi connectivity index (χ4v) is 2.43. The van der Waals surface area contributed by atoms with Gasteiger partial charge in [0.25, 0.3) is 11.8 Å². The molecule has 0 saturated carbocycles. The standard InChI is InChI=1S/C18H31N3O3/c1-4-5-9-15(2)19-14-20-16(3)10-7-6-8-13-24-21-17(22)11-12-18(21)23/h15-16H,4-13H2,1-3H3. The van der Waals surface area contributed by atoms with Crippen molar-refractivity contribution in [3.8, 4) is 0 Å². The van der Waals surface area contributed by atoms with E-state index < -0.39 is 0 Å². The van der Waals surface area contributed by atoms with E-state index in [1.807, 2.05) is 0 Å². The zero-order chi connectivity index (χ0) is 17.8. The molecule has 0 N–H and O–H groups in total. The smallest absolute Gasteiger partial charge is 0.253 e. The first-order valence-electron chi connectivity index (χ1n) is 9.18. The van der Waals surface area contributed by atoms with E-state index in [9.17, 15) is 9.59 Å². The van der Waals surface area contributed by atoms with Gasteiger partial charge in [0.05, 0.1) is 24.7 Å². The topological polar surface area (TPSA) is 71.3 Å². The summed E-state index contributed by atoms with van der Waals surface area (Å²) in [5.41, 5.74) is 0. The first kappa shape index (κ1) is 20.5. The summed E-state index contributed by atoms with van der Waals surface area (Å²) in [7, 11) is 0. The molecule has 1 rings (SSSR count). The molecule has 2 amide bonds. The van der Waals surface area contributed by atoms with Crippen molar-refractivity contribution in [1.29, 1.82) is 0 Å². The number of hydrogen-bond acceptors (Lipinski definition) is 5. The molecule has 2 unspecified atom stereocenters. The van der Waals surface area contributed by atoms with Crippen molar-refractivity contribution in [2.24, 2.45) is 9.98 Å². The monoisotopic (exact) mass is 337 g/mol. The Hall–Kier alpha value is -1.52. The van der Waals surface area contributed by atoms with Gasteiger partial charge in [0.2, 0.25) is 0 Å². The van der Waals surface area contributed by atoms with Crippen molar-refractivity contribution in [2.75, 3.05) is 6.61 Å². The lowest BCUT2D eigenvalue weighted by molar-refractivity contribution is -0.187. The quantitative estimate of drug-likeness (QED) is 0.309. The molecular formula is C18H31N3O3. The van der Waals surface area contributed by atoms with Gasteiger partial charge in [-0.2, -0.15) is 5.06 Å². The summed E-state index contributed by atoms with van der Waals surface area (Å²) < 4.78 is 0. The number of hydroxylamine groups is 2. The SMILES string of the molecule is CCCCC(C)N=C=NC(C)CCCCCON1C(=O)CCC1=O. The van der Waals surface area contributed by atoms with Crippen LogP contribution >= 0.6 is 0 Å². The van der Waals surface area contributed by atoms with E-state index in [0.29, 0.717) is 12.6 Å². The average molecular weight is 337 g/mol. The van der Waals surface area contributed by atoms with E-state index in [1.165, 1.54) is 12.8 Å². The summed E-state index contributed by atoms with van der Waals surface area (Å²) >= 11 is 0. The van der Waals surface area contributed by atoms with Crippen LogP contribution < -0.4 is 0 Å². The lowest BCUT2D eigenvalue weighted by Gasteiger charge is -2.13. The maximum absolute atomic E-state index is 11.4. The zero-order valence-corrected chi connectivity index (χ0v) is 15.3. The Morgan fingerprint density at radius 2 is 1.58 bits per heavy atom. The predicted octanol–water partition coefficient (Wildman–Crippen LogP) is 3.77. The summed E-state index contributed by atoms with van der Waals surface area (Å²) in [5.74, 6) is -0.453. The second-order valence-corrected chi connectivity index (χ2v) is 6.46. The van der Waals surface area contributed by atoms with Crippen molar-refractivity contribution < 1.29 is 14.4 Å².